The molecule has 0 bridgehead atoms. The third kappa shape index (κ3) is 29.3. The van der Waals surface area contributed by atoms with Gasteiger partial charge < -0.3 is 4.90 Å². The predicted octanol–water partition coefficient (Wildman–Crippen LogP) is 8.30. The normalized spacial score (nSPS) is 12.1. The number of nitrogens with zero attached hydrogens (tertiary/aromatic N) is 1. The van der Waals surface area contributed by atoms with Gasteiger partial charge in [0.2, 0.25) is 0 Å². The number of unbranched alkanes of at least 4 members (excludes halogenated alkanes) is 12. The summed E-state index contributed by atoms with van der Waals surface area (Å²) in [5.74, 6) is 1.67. The summed E-state index contributed by atoms with van der Waals surface area (Å²) in [6.07, 6.45) is 22.6. The predicted molar refractivity (Wildman–Crippen MR) is 119 cm³/mol. The molecule has 0 aromatic rings. The van der Waals surface area contributed by atoms with E-state index >= 15 is 0 Å². The highest BCUT2D eigenvalue weighted by atomic mass is 35.5. The molecule has 0 radical (unpaired) electrons. The number of hydrogen-bond acceptors (Lipinski definition) is 1. The van der Waals surface area contributed by atoms with Gasteiger partial charge in [0.25, 0.3) is 0 Å². The van der Waals surface area contributed by atoms with Gasteiger partial charge in [0.15, 0.2) is 0 Å². The first kappa shape index (κ1) is 27.5. The van der Waals surface area contributed by atoms with E-state index in [0.717, 1.165) is 11.8 Å². The van der Waals surface area contributed by atoms with E-state index in [1.807, 2.05) is 26.0 Å². The van der Waals surface area contributed by atoms with E-state index in [1.165, 1.54) is 103 Å². The smallest absolute Gasteiger partial charge is 0.0251 e. The third-order valence-electron chi connectivity index (χ3n) is 4.65. The SMILES string of the molecule is CCCCCCCCCCC(CCl)CCCCCCCC.CN(C)C. The van der Waals surface area contributed by atoms with Crippen LogP contribution in [0.3, 0.4) is 0 Å². The van der Waals surface area contributed by atoms with Crippen LogP contribution in [0.25, 0.3) is 0 Å². The molecule has 0 saturated carbocycles. The lowest BCUT2D eigenvalue weighted by atomic mass is 9.95. The molecule has 154 valence electrons. The molecular weight excluding hydrogens is 326 g/mol. The van der Waals surface area contributed by atoms with Crippen molar-refractivity contribution < 1.29 is 0 Å². The van der Waals surface area contributed by atoms with Crippen LogP contribution in [0.5, 0.6) is 0 Å². The minimum Gasteiger partial charge on any atom is -0.312 e. The summed E-state index contributed by atoms with van der Waals surface area (Å²) in [5.41, 5.74) is 0. The molecule has 0 rings (SSSR count). The van der Waals surface area contributed by atoms with Crippen LogP contribution in [0.4, 0.5) is 0 Å². The van der Waals surface area contributed by atoms with Crippen LogP contribution in [0, 0.1) is 5.92 Å². The van der Waals surface area contributed by atoms with Crippen LogP contribution in [0.15, 0.2) is 0 Å². The van der Waals surface area contributed by atoms with Gasteiger partial charge in [0.1, 0.15) is 0 Å². The second-order valence-corrected chi connectivity index (χ2v) is 8.49. The van der Waals surface area contributed by atoms with E-state index in [9.17, 15) is 0 Å². The molecule has 0 aliphatic heterocycles. The Balaban J connectivity index is 0. The van der Waals surface area contributed by atoms with E-state index in [4.69, 9.17) is 11.6 Å². The van der Waals surface area contributed by atoms with Crippen molar-refractivity contribution in [1.82, 2.24) is 4.90 Å². The van der Waals surface area contributed by atoms with E-state index in [0.29, 0.717) is 0 Å². The van der Waals surface area contributed by atoms with Crippen LogP contribution < -0.4 is 0 Å². The van der Waals surface area contributed by atoms with Crippen molar-refractivity contribution in [3.8, 4) is 0 Å². The van der Waals surface area contributed by atoms with Gasteiger partial charge in [0, 0.05) is 5.88 Å². The lowest BCUT2D eigenvalue weighted by Crippen LogP contribution is -2.02. The third-order valence-corrected chi connectivity index (χ3v) is 5.09. The molecule has 0 N–H and O–H groups in total. The largest absolute Gasteiger partial charge is 0.312 e. The monoisotopic (exact) mass is 375 g/mol. The Hall–Kier alpha value is 0.250. The summed E-state index contributed by atoms with van der Waals surface area (Å²) < 4.78 is 0. The van der Waals surface area contributed by atoms with Crippen molar-refractivity contribution in [3.63, 3.8) is 0 Å². The fourth-order valence-corrected chi connectivity index (χ4v) is 3.39. The molecule has 0 aliphatic rings. The number of hydrogen-bond donors (Lipinski definition) is 0. The van der Waals surface area contributed by atoms with E-state index < -0.39 is 0 Å². The van der Waals surface area contributed by atoms with Gasteiger partial charge >= 0.3 is 0 Å². The number of alkyl halides is 1. The lowest BCUT2D eigenvalue weighted by Gasteiger charge is -2.13. The Morgan fingerprint density at radius 3 is 1.12 bits per heavy atom. The highest BCUT2D eigenvalue weighted by Crippen LogP contribution is 2.20. The Bertz CT molecular complexity index is 215. The van der Waals surface area contributed by atoms with Gasteiger partial charge in [-0.15, -0.1) is 11.6 Å². The van der Waals surface area contributed by atoms with Crippen molar-refractivity contribution in [2.24, 2.45) is 5.92 Å². The van der Waals surface area contributed by atoms with Crippen molar-refractivity contribution in [3.05, 3.63) is 0 Å². The fraction of sp³-hybridized carbons (Fsp3) is 1.00. The first-order chi connectivity index (χ1) is 12.1. The fourth-order valence-electron chi connectivity index (χ4n) is 3.08. The van der Waals surface area contributed by atoms with Gasteiger partial charge in [-0.2, -0.15) is 0 Å². The molecule has 2 heteroatoms. The Morgan fingerprint density at radius 2 is 0.840 bits per heavy atom. The standard InChI is InChI=1S/C20H41Cl.C3H9N/c1-3-5-7-9-11-12-14-16-18-20(19-21)17-15-13-10-8-6-4-2;1-4(2)3/h20H,3-19H2,1-2H3;1-3H3. The summed E-state index contributed by atoms with van der Waals surface area (Å²) in [6.45, 7) is 4.57. The first-order valence-corrected chi connectivity index (χ1v) is 11.8. The maximum absolute atomic E-state index is 6.13. The Labute approximate surface area is 166 Å². The molecular formula is C23H50ClN. The highest BCUT2D eigenvalue weighted by molar-refractivity contribution is 6.18. The van der Waals surface area contributed by atoms with Crippen LogP contribution in [-0.4, -0.2) is 31.9 Å². The topological polar surface area (TPSA) is 3.24 Å². The Kier molecular flexibility index (Phi) is 26.6. The highest BCUT2D eigenvalue weighted by Gasteiger charge is 2.06. The summed E-state index contributed by atoms with van der Waals surface area (Å²) in [7, 11) is 6.00. The van der Waals surface area contributed by atoms with Gasteiger partial charge in [-0.1, -0.05) is 104 Å². The Morgan fingerprint density at radius 1 is 0.560 bits per heavy atom. The summed E-state index contributed by atoms with van der Waals surface area (Å²) in [4.78, 5) is 2.00. The quantitative estimate of drug-likeness (QED) is 0.182. The summed E-state index contributed by atoms with van der Waals surface area (Å²) >= 11 is 6.13. The van der Waals surface area contributed by atoms with Crippen LogP contribution in [0.1, 0.15) is 117 Å². The average Bonchev–Trinajstić information content (AvgIpc) is 2.58. The van der Waals surface area contributed by atoms with Gasteiger partial charge in [-0.25, -0.2) is 0 Å². The summed E-state index contributed by atoms with van der Waals surface area (Å²) in [5, 5.41) is 0. The molecule has 1 atom stereocenters. The second-order valence-electron chi connectivity index (χ2n) is 8.18. The minimum atomic E-state index is 0.790. The molecule has 1 unspecified atom stereocenters. The lowest BCUT2D eigenvalue weighted by molar-refractivity contribution is 0.435. The van der Waals surface area contributed by atoms with Crippen molar-refractivity contribution in [2.45, 2.75) is 117 Å². The van der Waals surface area contributed by atoms with E-state index in [-0.39, 0.29) is 0 Å². The van der Waals surface area contributed by atoms with Gasteiger partial charge in [0.05, 0.1) is 0 Å². The molecule has 0 spiro atoms. The molecule has 1 nitrogen and oxygen atoms in total. The first-order valence-electron chi connectivity index (χ1n) is 11.2. The molecule has 0 aliphatic carbocycles. The zero-order chi connectivity index (χ0) is 19.2. The van der Waals surface area contributed by atoms with Gasteiger partial charge in [-0.05, 0) is 39.9 Å². The maximum atomic E-state index is 6.13. The summed E-state index contributed by atoms with van der Waals surface area (Å²) in [6, 6.07) is 0. The van der Waals surface area contributed by atoms with Crippen molar-refractivity contribution in [2.75, 3.05) is 27.0 Å². The molecule has 0 saturated heterocycles. The van der Waals surface area contributed by atoms with Crippen molar-refractivity contribution in [1.29, 1.82) is 0 Å². The number of halogens is 1. The maximum Gasteiger partial charge on any atom is 0.0251 e. The van der Waals surface area contributed by atoms with E-state index in [1.54, 1.807) is 0 Å². The molecule has 0 amide bonds. The van der Waals surface area contributed by atoms with Crippen LogP contribution >= 0.6 is 11.6 Å². The molecule has 0 heterocycles. The minimum absolute atomic E-state index is 0.790. The van der Waals surface area contributed by atoms with Gasteiger partial charge in [-0.3, -0.25) is 0 Å². The van der Waals surface area contributed by atoms with Crippen molar-refractivity contribution >= 4 is 11.6 Å². The molecule has 0 fully saturated rings. The second kappa shape index (κ2) is 24.2. The average molecular weight is 376 g/mol. The molecule has 25 heavy (non-hydrogen) atoms. The zero-order valence-corrected chi connectivity index (χ0v) is 19.2. The van der Waals surface area contributed by atoms with E-state index in [2.05, 4.69) is 13.8 Å². The van der Waals surface area contributed by atoms with Crippen LogP contribution in [0.2, 0.25) is 0 Å². The molecule has 0 aromatic carbocycles. The van der Waals surface area contributed by atoms with Crippen LogP contribution in [-0.2, 0) is 0 Å². The number of rotatable bonds is 17. The molecule has 0 aromatic heterocycles. The zero-order valence-electron chi connectivity index (χ0n) is 18.4.